The van der Waals surface area contributed by atoms with E-state index < -0.39 is 10.0 Å². The molecule has 0 amide bonds. The number of benzene rings is 1. The highest BCUT2D eigenvalue weighted by Crippen LogP contribution is 2.28. The minimum Gasteiger partial charge on any atom is -0.278 e. The minimum atomic E-state index is -3.65. The summed E-state index contributed by atoms with van der Waals surface area (Å²) >= 11 is 6.66. The summed E-state index contributed by atoms with van der Waals surface area (Å²) in [7, 11) is -3.65. The van der Waals surface area contributed by atoms with E-state index >= 15 is 0 Å². The molecule has 0 spiro atoms. The van der Waals surface area contributed by atoms with Gasteiger partial charge in [-0.05, 0) is 48.0 Å². The molecule has 1 aromatic heterocycles. The van der Waals surface area contributed by atoms with Gasteiger partial charge in [-0.1, -0.05) is 15.9 Å². The topological polar surface area (TPSA) is 64.0 Å². The Balaban J connectivity index is 2.38. The second kappa shape index (κ2) is 5.87. The Bertz CT molecular complexity index is 741. The zero-order valence-electron chi connectivity index (χ0n) is 10.9. The third kappa shape index (κ3) is 3.07. The fourth-order valence-electron chi connectivity index (χ4n) is 1.78. The van der Waals surface area contributed by atoms with Crippen molar-refractivity contribution in [3.8, 4) is 0 Å². The zero-order valence-corrected chi connectivity index (χ0v) is 14.9. The summed E-state index contributed by atoms with van der Waals surface area (Å²) in [5.74, 6) is 0. The van der Waals surface area contributed by atoms with Gasteiger partial charge in [0.1, 0.15) is 4.90 Å². The van der Waals surface area contributed by atoms with E-state index in [4.69, 9.17) is 0 Å². The van der Waals surface area contributed by atoms with Gasteiger partial charge in [0, 0.05) is 15.5 Å². The van der Waals surface area contributed by atoms with Crippen molar-refractivity contribution in [2.45, 2.75) is 25.3 Å². The van der Waals surface area contributed by atoms with Gasteiger partial charge in [-0.15, -0.1) is 0 Å². The molecule has 0 radical (unpaired) electrons. The van der Waals surface area contributed by atoms with Crippen molar-refractivity contribution < 1.29 is 8.42 Å². The van der Waals surface area contributed by atoms with Crippen LogP contribution in [0.1, 0.15) is 12.6 Å². The van der Waals surface area contributed by atoms with Crippen molar-refractivity contribution in [2.75, 3.05) is 4.72 Å². The van der Waals surface area contributed by atoms with Crippen molar-refractivity contribution in [3.05, 3.63) is 39.0 Å². The normalized spacial score (nSPS) is 11.6. The van der Waals surface area contributed by atoms with Crippen LogP contribution < -0.4 is 4.72 Å². The lowest BCUT2D eigenvalue weighted by atomic mass is 10.3. The summed E-state index contributed by atoms with van der Waals surface area (Å²) in [4.78, 5) is 0.189. The standard InChI is InChI=1S/C12H13Br2N3O2S/c1-3-17-8(2)12(7-15-17)20(18,19)16-11-5-4-9(13)6-10(11)14/h4-7,16H,3H2,1-2H3. The summed E-state index contributed by atoms with van der Waals surface area (Å²) in [6, 6.07) is 5.23. The van der Waals surface area contributed by atoms with E-state index in [1.54, 1.807) is 29.8 Å². The van der Waals surface area contributed by atoms with E-state index in [9.17, 15) is 8.42 Å². The van der Waals surface area contributed by atoms with Crippen molar-refractivity contribution >= 4 is 47.6 Å². The van der Waals surface area contributed by atoms with Gasteiger partial charge in [-0.3, -0.25) is 9.40 Å². The summed E-state index contributed by atoms with van der Waals surface area (Å²) in [5, 5.41) is 4.06. The maximum absolute atomic E-state index is 12.4. The molecule has 0 atom stereocenters. The van der Waals surface area contributed by atoms with Gasteiger partial charge < -0.3 is 0 Å². The minimum absolute atomic E-state index is 0.189. The van der Waals surface area contributed by atoms with Gasteiger partial charge in [-0.25, -0.2) is 8.42 Å². The van der Waals surface area contributed by atoms with Crippen LogP contribution in [-0.2, 0) is 16.6 Å². The average molecular weight is 423 g/mol. The molecule has 2 aromatic rings. The fourth-order valence-corrected chi connectivity index (χ4v) is 4.32. The molecule has 0 saturated heterocycles. The first kappa shape index (κ1) is 15.5. The van der Waals surface area contributed by atoms with Crippen LogP contribution in [0.3, 0.4) is 0 Å². The van der Waals surface area contributed by atoms with Crippen LogP contribution in [0.2, 0.25) is 0 Å². The van der Waals surface area contributed by atoms with Crippen LogP contribution in [-0.4, -0.2) is 18.2 Å². The van der Waals surface area contributed by atoms with Gasteiger partial charge in [0.25, 0.3) is 10.0 Å². The number of anilines is 1. The SMILES string of the molecule is CCn1ncc(S(=O)(=O)Nc2ccc(Br)cc2Br)c1C. The molecule has 5 nitrogen and oxygen atoms in total. The summed E-state index contributed by atoms with van der Waals surface area (Å²) in [5.41, 5.74) is 1.10. The summed E-state index contributed by atoms with van der Waals surface area (Å²) < 4.78 is 30.5. The summed E-state index contributed by atoms with van der Waals surface area (Å²) in [6.45, 7) is 4.28. The van der Waals surface area contributed by atoms with E-state index in [0.29, 0.717) is 22.4 Å². The second-order valence-electron chi connectivity index (χ2n) is 4.14. The lowest BCUT2D eigenvalue weighted by Crippen LogP contribution is -2.14. The largest absolute Gasteiger partial charge is 0.278 e. The Labute approximate surface area is 134 Å². The highest BCUT2D eigenvalue weighted by atomic mass is 79.9. The first-order chi connectivity index (χ1) is 9.35. The quantitative estimate of drug-likeness (QED) is 0.819. The van der Waals surface area contributed by atoms with Crippen LogP contribution in [0.5, 0.6) is 0 Å². The molecule has 0 unspecified atom stereocenters. The Morgan fingerprint density at radius 3 is 2.60 bits per heavy atom. The maximum Gasteiger partial charge on any atom is 0.265 e. The van der Waals surface area contributed by atoms with Gasteiger partial charge >= 0.3 is 0 Å². The number of hydrogen-bond acceptors (Lipinski definition) is 3. The third-order valence-electron chi connectivity index (χ3n) is 2.82. The predicted octanol–water partition coefficient (Wildman–Crippen LogP) is 3.54. The summed E-state index contributed by atoms with van der Waals surface area (Å²) in [6.07, 6.45) is 1.37. The highest BCUT2D eigenvalue weighted by Gasteiger charge is 2.21. The highest BCUT2D eigenvalue weighted by molar-refractivity contribution is 9.11. The van der Waals surface area contributed by atoms with E-state index in [1.165, 1.54) is 6.20 Å². The molecule has 0 aliphatic carbocycles. The molecule has 108 valence electrons. The second-order valence-corrected chi connectivity index (χ2v) is 7.56. The lowest BCUT2D eigenvalue weighted by Gasteiger charge is -2.10. The molecule has 1 heterocycles. The Kier molecular flexibility index (Phi) is 4.55. The lowest BCUT2D eigenvalue weighted by molar-refractivity contribution is 0.598. The smallest absolute Gasteiger partial charge is 0.265 e. The molecule has 1 aromatic carbocycles. The van der Waals surface area contributed by atoms with Crippen LogP contribution in [0.4, 0.5) is 5.69 Å². The van der Waals surface area contributed by atoms with E-state index in [2.05, 4.69) is 41.7 Å². The number of halogens is 2. The zero-order chi connectivity index (χ0) is 14.9. The first-order valence-corrected chi connectivity index (χ1v) is 8.92. The van der Waals surface area contributed by atoms with Gasteiger partial charge in [0.2, 0.25) is 0 Å². The molecule has 20 heavy (non-hydrogen) atoms. The van der Waals surface area contributed by atoms with Gasteiger partial charge in [0.05, 0.1) is 17.6 Å². The molecule has 2 rings (SSSR count). The van der Waals surface area contributed by atoms with Crippen LogP contribution >= 0.6 is 31.9 Å². The molecule has 0 bridgehead atoms. The number of hydrogen-bond donors (Lipinski definition) is 1. The maximum atomic E-state index is 12.4. The molecule has 0 fully saturated rings. The van der Waals surface area contributed by atoms with Gasteiger partial charge in [0.15, 0.2) is 0 Å². The molecule has 1 N–H and O–H groups in total. The molecule has 0 aliphatic rings. The van der Waals surface area contributed by atoms with E-state index in [1.807, 2.05) is 6.92 Å². The Morgan fingerprint density at radius 2 is 2.05 bits per heavy atom. The number of rotatable bonds is 4. The number of nitrogens with zero attached hydrogens (tertiary/aromatic N) is 2. The van der Waals surface area contributed by atoms with E-state index in [-0.39, 0.29) is 4.90 Å². The molecular weight excluding hydrogens is 410 g/mol. The molecular formula is C12H13Br2N3O2S. The van der Waals surface area contributed by atoms with Crippen molar-refractivity contribution in [1.29, 1.82) is 0 Å². The van der Waals surface area contributed by atoms with Crippen LogP contribution in [0.15, 0.2) is 38.2 Å². The number of aromatic nitrogens is 2. The molecule has 8 heteroatoms. The Morgan fingerprint density at radius 1 is 1.35 bits per heavy atom. The fraction of sp³-hybridized carbons (Fsp3) is 0.250. The molecule has 0 aliphatic heterocycles. The van der Waals surface area contributed by atoms with Gasteiger partial charge in [-0.2, -0.15) is 5.10 Å². The predicted molar refractivity (Wildman–Crippen MR) is 85.3 cm³/mol. The van der Waals surface area contributed by atoms with Crippen LogP contribution in [0, 0.1) is 6.92 Å². The number of sulfonamides is 1. The number of aryl methyl sites for hydroxylation is 1. The van der Waals surface area contributed by atoms with Crippen molar-refractivity contribution in [1.82, 2.24) is 9.78 Å². The van der Waals surface area contributed by atoms with Crippen molar-refractivity contribution in [3.63, 3.8) is 0 Å². The van der Waals surface area contributed by atoms with Crippen molar-refractivity contribution in [2.24, 2.45) is 0 Å². The average Bonchev–Trinajstić information content (AvgIpc) is 2.74. The molecule has 0 saturated carbocycles. The third-order valence-corrected chi connectivity index (χ3v) is 5.44. The van der Waals surface area contributed by atoms with Crippen LogP contribution in [0.25, 0.3) is 0 Å². The monoisotopic (exact) mass is 421 g/mol. The Hall–Kier alpha value is -0.860. The first-order valence-electron chi connectivity index (χ1n) is 5.85. The number of nitrogens with one attached hydrogen (secondary N) is 1. The van der Waals surface area contributed by atoms with E-state index in [0.717, 1.165) is 4.47 Å².